The zero-order valence-electron chi connectivity index (χ0n) is 10.8. The summed E-state index contributed by atoms with van der Waals surface area (Å²) in [5.41, 5.74) is 0. The van der Waals surface area contributed by atoms with Crippen molar-refractivity contribution in [3.05, 3.63) is 0 Å². The molecule has 0 aromatic heterocycles. The largest absolute Gasteiger partial charge is 0.674 e. The second-order valence-corrected chi connectivity index (χ2v) is 6.12. The fourth-order valence-corrected chi connectivity index (χ4v) is 3.33. The quantitative estimate of drug-likeness (QED) is 0.396. The molecule has 0 unspecified atom stereocenters. The summed E-state index contributed by atoms with van der Waals surface area (Å²) >= 11 is -1.31. The molecule has 2 nitrogen and oxygen atoms in total. The molecule has 0 amide bonds. The van der Waals surface area contributed by atoms with Crippen molar-refractivity contribution in [2.75, 3.05) is 13.2 Å². The van der Waals surface area contributed by atoms with Crippen LogP contribution in [-0.4, -0.2) is 28.0 Å². The van der Waals surface area contributed by atoms with Crippen LogP contribution in [0.5, 0.6) is 0 Å². The summed E-state index contributed by atoms with van der Waals surface area (Å²) in [4.78, 5) is 0. The monoisotopic (exact) mass is 230 g/mol. The first-order chi connectivity index (χ1) is 7.35. The van der Waals surface area contributed by atoms with Crippen LogP contribution in [0.25, 0.3) is 0 Å². The molecule has 15 heavy (non-hydrogen) atoms. The molecule has 0 aliphatic rings. The fourth-order valence-electron chi connectivity index (χ4n) is 1.30. The van der Waals surface area contributed by atoms with Crippen molar-refractivity contribution < 1.29 is 7.58 Å². The summed E-state index contributed by atoms with van der Waals surface area (Å²) in [5.74, 6) is 0. The van der Waals surface area contributed by atoms with E-state index in [-0.39, 0.29) is 0 Å². The Bertz CT molecular complexity index is 110. The molecule has 0 bridgehead atoms. The van der Waals surface area contributed by atoms with E-state index in [4.69, 9.17) is 7.58 Å². The van der Waals surface area contributed by atoms with Crippen molar-refractivity contribution in [2.45, 2.75) is 64.6 Å². The number of hydrogen-bond donors (Lipinski definition) is 0. The molecule has 0 saturated heterocycles. The van der Waals surface area contributed by atoms with E-state index in [0.717, 1.165) is 13.2 Å². The summed E-state index contributed by atoms with van der Waals surface area (Å²) in [6, 6.07) is 0. The molecule has 90 valence electrons. The molecule has 3 heteroatoms. The number of hydrogen-bond acceptors (Lipinski definition) is 2. The van der Waals surface area contributed by atoms with E-state index in [9.17, 15) is 0 Å². The highest BCUT2D eigenvalue weighted by Crippen LogP contribution is 2.06. The highest BCUT2D eigenvalue weighted by Gasteiger charge is 2.23. The Labute approximate surface area is 100 Å². The molecular weight excluding hydrogens is 203 g/mol. The van der Waals surface area contributed by atoms with Gasteiger partial charge in [0.25, 0.3) is 0 Å². The van der Waals surface area contributed by atoms with Crippen LogP contribution in [0.4, 0.5) is 0 Å². The highest BCUT2D eigenvalue weighted by atomic mass is 27.2. The summed E-state index contributed by atoms with van der Waals surface area (Å²) in [7, 11) is 0. The molecule has 0 N–H and O–H groups in total. The second kappa shape index (κ2) is 12.5. The summed E-state index contributed by atoms with van der Waals surface area (Å²) < 4.78 is 11.7. The molecule has 0 heterocycles. The van der Waals surface area contributed by atoms with Crippen molar-refractivity contribution in [1.82, 2.24) is 0 Å². The zero-order chi connectivity index (χ0) is 11.4. The summed E-state index contributed by atoms with van der Waals surface area (Å²) in [6.07, 6.45) is 7.28. The molecule has 0 fully saturated rings. The van der Waals surface area contributed by atoms with Crippen LogP contribution in [0.1, 0.15) is 59.3 Å². The zero-order valence-corrected chi connectivity index (χ0v) is 11.9. The Morgan fingerprint density at radius 2 is 1.20 bits per heavy atom. The molecule has 0 rings (SSSR count). The van der Waals surface area contributed by atoms with Crippen molar-refractivity contribution >= 4 is 14.8 Å². The minimum atomic E-state index is -1.31. The molecular formula is C12H27AlO2. The maximum Gasteiger partial charge on any atom is 0.674 e. The van der Waals surface area contributed by atoms with Gasteiger partial charge in [-0.25, -0.2) is 0 Å². The van der Waals surface area contributed by atoms with Gasteiger partial charge in [0.15, 0.2) is 0 Å². The average Bonchev–Trinajstić information content (AvgIpc) is 2.25. The van der Waals surface area contributed by atoms with E-state index in [1.807, 2.05) is 0 Å². The van der Waals surface area contributed by atoms with Crippen LogP contribution in [0.3, 0.4) is 0 Å². The maximum absolute atomic E-state index is 5.85. The third-order valence-electron chi connectivity index (χ3n) is 2.40. The Hall–Kier alpha value is 0.452. The molecule has 0 radical (unpaired) electrons. The van der Waals surface area contributed by atoms with Crippen molar-refractivity contribution in [3.8, 4) is 0 Å². The van der Waals surface area contributed by atoms with Crippen LogP contribution in [0.2, 0.25) is 5.28 Å². The van der Waals surface area contributed by atoms with Crippen LogP contribution in [0.15, 0.2) is 0 Å². The van der Waals surface area contributed by atoms with Gasteiger partial charge in [0.05, 0.1) is 0 Å². The van der Waals surface area contributed by atoms with Gasteiger partial charge in [-0.05, 0) is 18.1 Å². The molecule has 0 spiro atoms. The van der Waals surface area contributed by atoms with Crippen LogP contribution in [0, 0.1) is 0 Å². The lowest BCUT2D eigenvalue weighted by Crippen LogP contribution is -2.23. The minimum Gasteiger partial charge on any atom is -0.478 e. The van der Waals surface area contributed by atoms with Crippen LogP contribution in [-0.2, 0) is 7.58 Å². The van der Waals surface area contributed by atoms with Gasteiger partial charge in [0, 0.05) is 13.2 Å². The number of unbranched alkanes of at least 4 members (excludes halogenated alkanes) is 3. The van der Waals surface area contributed by atoms with E-state index in [1.54, 1.807) is 0 Å². The van der Waals surface area contributed by atoms with Crippen LogP contribution < -0.4 is 0 Å². The SMILES string of the molecule is CCCC[O][Al]([CH2]CCC)[O]CCCC. The fraction of sp³-hybridized carbons (Fsp3) is 1.00. The first kappa shape index (κ1) is 15.5. The summed E-state index contributed by atoms with van der Waals surface area (Å²) in [5, 5.41) is 1.18. The molecule has 0 aliphatic heterocycles. The maximum atomic E-state index is 5.85. The molecule has 0 aliphatic carbocycles. The lowest BCUT2D eigenvalue weighted by Gasteiger charge is -2.12. The molecule has 0 atom stereocenters. The van der Waals surface area contributed by atoms with E-state index >= 15 is 0 Å². The van der Waals surface area contributed by atoms with Gasteiger partial charge in [0.1, 0.15) is 0 Å². The molecule has 0 aromatic rings. The van der Waals surface area contributed by atoms with Gasteiger partial charge in [0.2, 0.25) is 0 Å². The smallest absolute Gasteiger partial charge is 0.478 e. The standard InChI is InChI=1S/2C4H9O.C4H9.Al/c2*1-2-3-4-5;1-3-4-2;/h2*2-4H2,1H3;1,3-4H2,2H3;/q2*-1;;+2. The predicted octanol–water partition coefficient (Wildman–Crippen LogP) is 3.91. The van der Waals surface area contributed by atoms with E-state index < -0.39 is 14.8 Å². The Balaban J connectivity index is 3.53. The van der Waals surface area contributed by atoms with Crippen LogP contribution >= 0.6 is 0 Å². The third-order valence-corrected chi connectivity index (χ3v) is 4.49. The van der Waals surface area contributed by atoms with E-state index in [1.165, 1.54) is 43.8 Å². The normalized spacial score (nSPS) is 10.6. The van der Waals surface area contributed by atoms with Crippen molar-refractivity contribution in [3.63, 3.8) is 0 Å². The minimum absolute atomic E-state index is 0.906. The first-order valence-electron chi connectivity index (χ1n) is 6.58. The summed E-state index contributed by atoms with van der Waals surface area (Å²) in [6.45, 7) is 8.43. The Morgan fingerprint density at radius 1 is 0.733 bits per heavy atom. The third kappa shape index (κ3) is 10.7. The van der Waals surface area contributed by atoms with E-state index in [2.05, 4.69) is 20.8 Å². The Kier molecular flexibility index (Phi) is 12.9. The van der Waals surface area contributed by atoms with Gasteiger partial charge in [-0.3, -0.25) is 0 Å². The van der Waals surface area contributed by atoms with Gasteiger partial charge >= 0.3 is 14.8 Å². The lowest BCUT2D eigenvalue weighted by atomic mass is 10.4. The lowest BCUT2D eigenvalue weighted by molar-refractivity contribution is 0.190. The van der Waals surface area contributed by atoms with Gasteiger partial charge in [-0.2, -0.15) is 0 Å². The van der Waals surface area contributed by atoms with Crippen molar-refractivity contribution in [1.29, 1.82) is 0 Å². The average molecular weight is 230 g/mol. The Morgan fingerprint density at radius 3 is 1.60 bits per heavy atom. The predicted molar refractivity (Wildman–Crippen MR) is 67.2 cm³/mol. The van der Waals surface area contributed by atoms with E-state index in [0.29, 0.717) is 0 Å². The molecule has 0 aromatic carbocycles. The molecule has 0 saturated carbocycles. The van der Waals surface area contributed by atoms with Gasteiger partial charge < -0.3 is 7.58 Å². The second-order valence-electron chi connectivity index (χ2n) is 4.02. The highest BCUT2D eigenvalue weighted by molar-refractivity contribution is 6.44. The van der Waals surface area contributed by atoms with Crippen molar-refractivity contribution in [2.24, 2.45) is 0 Å². The van der Waals surface area contributed by atoms with Gasteiger partial charge in [-0.1, -0.05) is 46.5 Å². The first-order valence-corrected chi connectivity index (χ1v) is 8.34. The topological polar surface area (TPSA) is 18.5 Å². The van der Waals surface area contributed by atoms with Gasteiger partial charge in [-0.15, -0.1) is 0 Å². The number of rotatable bonds is 11.